The largest absolute Gasteiger partial charge is 0.413 e. The number of rotatable bonds is 1. The Labute approximate surface area is 80.0 Å². The lowest BCUT2D eigenvalue weighted by molar-refractivity contribution is 0.225. The Morgan fingerprint density at radius 1 is 1.50 bits per heavy atom. The second kappa shape index (κ2) is 3.78. The zero-order chi connectivity index (χ0) is 9.14. The van der Waals surface area contributed by atoms with Crippen LogP contribution >= 0.6 is 23.2 Å². The summed E-state index contributed by atoms with van der Waals surface area (Å²) in [6.07, 6.45) is 0. The fourth-order valence-electron chi connectivity index (χ4n) is 0.775. The van der Waals surface area contributed by atoms with E-state index in [4.69, 9.17) is 23.2 Å². The van der Waals surface area contributed by atoms with Crippen LogP contribution < -0.4 is 4.74 Å². The van der Waals surface area contributed by atoms with E-state index in [1.165, 1.54) is 0 Å². The molecule has 0 saturated carbocycles. The highest BCUT2D eigenvalue weighted by Gasteiger charge is 2.04. The van der Waals surface area contributed by atoms with Crippen molar-refractivity contribution in [2.45, 2.75) is 6.92 Å². The summed E-state index contributed by atoms with van der Waals surface area (Å²) in [4.78, 5) is 10.3. The Morgan fingerprint density at radius 2 is 2.17 bits per heavy atom. The van der Waals surface area contributed by atoms with Gasteiger partial charge in [0.25, 0.3) is 0 Å². The minimum atomic E-state index is -0.888. The van der Waals surface area contributed by atoms with Gasteiger partial charge in [-0.2, -0.15) is 0 Å². The van der Waals surface area contributed by atoms with Crippen molar-refractivity contribution in [1.82, 2.24) is 0 Å². The van der Waals surface area contributed by atoms with E-state index in [1.807, 2.05) is 6.92 Å². The van der Waals surface area contributed by atoms with Gasteiger partial charge in [0, 0.05) is 11.6 Å². The third-order valence-electron chi connectivity index (χ3n) is 1.28. The molecule has 0 aliphatic heterocycles. The number of aryl methyl sites for hydroxylation is 1. The third kappa shape index (κ3) is 2.40. The highest BCUT2D eigenvalue weighted by molar-refractivity contribution is 6.61. The van der Waals surface area contributed by atoms with Crippen molar-refractivity contribution >= 4 is 28.6 Å². The summed E-state index contributed by atoms with van der Waals surface area (Å²) < 4.78 is 4.59. The maximum atomic E-state index is 10.3. The van der Waals surface area contributed by atoms with Gasteiger partial charge in [0.2, 0.25) is 0 Å². The van der Waals surface area contributed by atoms with Crippen molar-refractivity contribution in [3.63, 3.8) is 0 Å². The van der Waals surface area contributed by atoms with Gasteiger partial charge < -0.3 is 4.74 Å². The van der Waals surface area contributed by atoms with Gasteiger partial charge in [-0.1, -0.05) is 17.7 Å². The molecule has 0 N–H and O–H groups in total. The Bertz CT molecular complexity index is 310. The predicted octanol–water partition coefficient (Wildman–Crippen LogP) is 3.39. The number of hydrogen-bond donors (Lipinski definition) is 0. The minimum Gasteiger partial charge on any atom is -0.413 e. The monoisotopic (exact) mass is 204 g/mol. The topological polar surface area (TPSA) is 26.3 Å². The maximum absolute atomic E-state index is 10.3. The Morgan fingerprint density at radius 3 is 2.67 bits per heavy atom. The average molecular weight is 205 g/mol. The fraction of sp³-hybridized carbons (Fsp3) is 0.125. The first-order valence-corrected chi connectivity index (χ1v) is 3.98. The lowest BCUT2D eigenvalue weighted by Crippen LogP contribution is -1.96. The summed E-state index contributed by atoms with van der Waals surface area (Å²) in [5, 5.41) is 0.379. The molecule has 0 radical (unpaired) electrons. The highest BCUT2D eigenvalue weighted by Crippen LogP contribution is 2.25. The van der Waals surface area contributed by atoms with E-state index in [-0.39, 0.29) is 5.75 Å². The van der Waals surface area contributed by atoms with Crippen molar-refractivity contribution in [2.75, 3.05) is 0 Å². The maximum Gasteiger partial charge on any atom is 0.409 e. The third-order valence-corrected chi connectivity index (χ3v) is 1.65. The van der Waals surface area contributed by atoms with E-state index in [0.717, 1.165) is 5.56 Å². The summed E-state index contributed by atoms with van der Waals surface area (Å²) in [6.45, 7) is 1.89. The second-order valence-corrected chi connectivity index (χ2v) is 2.99. The van der Waals surface area contributed by atoms with E-state index in [1.54, 1.807) is 18.2 Å². The highest BCUT2D eigenvalue weighted by atomic mass is 35.5. The number of ether oxygens (including phenoxy) is 1. The first kappa shape index (κ1) is 9.36. The molecule has 0 aliphatic rings. The van der Waals surface area contributed by atoms with Crippen molar-refractivity contribution in [3.8, 4) is 5.75 Å². The molecule has 0 saturated heterocycles. The van der Waals surface area contributed by atoms with Crippen molar-refractivity contribution < 1.29 is 9.53 Å². The molecule has 0 heterocycles. The smallest absolute Gasteiger partial charge is 0.409 e. The van der Waals surface area contributed by atoms with E-state index in [0.29, 0.717) is 5.02 Å². The number of benzene rings is 1. The van der Waals surface area contributed by atoms with Crippen LogP contribution in [0.15, 0.2) is 18.2 Å². The molecule has 0 fully saturated rings. The molecular weight excluding hydrogens is 199 g/mol. The van der Waals surface area contributed by atoms with Gasteiger partial charge in [0.1, 0.15) is 0 Å². The van der Waals surface area contributed by atoms with Gasteiger partial charge in [-0.25, -0.2) is 4.79 Å². The molecule has 12 heavy (non-hydrogen) atoms. The summed E-state index contributed by atoms with van der Waals surface area (Å²) in [7, 11) is 0. The van der Waals surface area contributed by atoms with Crippen LogP contribution in [0.4, 0.5) is 4.79 Å². The van der Waals surface area contributed by atoms with Crippen LogP contribution in [-0.4, -0.2) is 5.43 Å². The molecule has 1 aromatic rings. The molecule has 0 aliphatic carbocycles. The van der Waals surface area contributed by atoms with E-state index in [2.05, 4.69) is 4.74 Å². The van der Waals surface area contributed by atoms with Gasteiger partial charge >= 0.3 is 5.43 Å². The van der Waals surface area contributed by atoms with Crippen LogP contribution in [0.25, 0.3) is 0 Å². The first-order chi connectivity index (χ1) is 5.59. The fourth-order valence-corrected chi connectivity index (χ4v) is 1.13. The van der Waals surface area contributed by atoms with Crippen LogP contribution in [0.1, 0.15) is 5.56 Å². The molecule has 1 aromatic carbocycles. The molecule has 0 aromatic heterocycles. The van der Waals surface area contributed by atoms with Gasteiger partial charge in [0.05, 0.1) is 5.02 Å². The standard InChI is InChI=1S/C8H6Cl2O2/c1-5-2-3-7(6(9)4-5)12-8(10)11/h2-4H,1H3. The minimum absolute atomic E-state index is 0.280. The summed E-state index contributed by atoms with van der Waals surface area (Å²) in [6, 6.07) is 5.07. The van der Waals surface area contributed by atoms with Gasteiger partial charge in [-0.15, -0.1) is 0 Å². The second-order valence-electron chi connectivity index (χ2n) is 2.27. The summed E-state index contributed by atoms with van der Waals surface area (Å²) >= 11 is 10.7. The molecule has 0 bridgehead atoms. The summed E-state index contributed by atoms with van der Waals surface area (Å²) in [5.74, 6) is 0.280. The van der Waals surface area contributed by atoms with E-state index in [9.17, 15) is 4.79 Å². The van der Waals surface area contributed by atoms with E-state index < -0.39 is 5.43 Å². The number of halogens is 2. The Balaban J connectivity index is 2.93. The average Bonchev–Trinajstić information content (AvgIpc) is 1.94. The normalized spacial score (nSPS) is 9.58. The first-order valence-electron chi connectivity index (χ1n) is 3.23. The number of carbonyl (C=O) groups excluding carboxylic acids is 1. The van der Waals surface area contributed by atoms with Crippen LogP contribution in [0.2, 0.25) is 5.02 Å². The van der Waals surface area contributed by atoms with Crippen LogP contribution in [-0.2, 0) is 0 Å². The molecule has 4 heteroatoms. The molecule has 0 amide bonds. The summed E-state index contributed by atoms with van der Waals surface area (Å²) in [5.41, 5.74) is 0.107. The molecule has 64 valence electrons. The molecule has 0 atom stereocenters. The van der Waals surface area contributed by atoms with Crippen molar-refractivity contribution in [1.29, 1.82) is 0 Å². The lowest BCUT2D eigenvalue weighted by atomic mass is 10.2. The van der Waals surface area contributed by atoms with Crippen LogP contribution in [0, 0.1) is 6.92 Å². The van der Waals surface area contributed by atoms with Gasteiger partial charge in [-0.05, 0) is 24.6 Å². The zero-order valence-electron chi connectivity index (χ0n) is 6.30. The van der Waals surface area contributed by atoms with Gasteiger partial charge in [0.15, 0.2) is 5.75 Å². The molecule has 2 nitrogen and oxygen atoms in total. The quantitative estimate of drug-likeness (QED) is 0.656. The Hall–Kier alpha value is -0.730. The number of hydrogen-bond acceptors (Lipinski definition) is 2. The van der Waals surface area contributed by atoms with Crippen LogP contribution in [0.3, 0.4) is 0 Å². The zero-order valence-corrected chi connectivity index (χ0v) is 7.82. The molecule has 0 unspecified atom stereocenters. The lowest BCUT2D eigenvalue weighted by Gasteiger charge is -2.02. The van der Waals surface area contributed by atoms with E-state index >= 15 is 0 Å². The molecular formula is C8H6Cl2O2. The molecule has 1 rings (SSSR count). The van der Waals surface area contributed by atoms with Gasteiger partial charge in [-0.3, -0.25) is 0 Å². The van der Waals surface area contributed by atoms with Crippen molar-refractivity contribution in [2.24, 2.45) is 0 Å². The van der Waals surface area contributed by atoms with Crippen molar-refractivity contribution in [3.05, 3.63) is 28.8 Å². The molecule has 0 spiro atoms. The Kier molecular flexibility index (Phi) is 2.95. The number of carbonyl (C=O) groups is 1. The predicted molar refractivity (Wildman–Crippen MR) is 48.1 cm³/mol. The SMILES string of the molecule is Cc1ccc(OC(=O)Cl)c(Cl)c1. The van der Waals surface area contributed by atoms with Crippen LogP contribution in [0.5, 0.6) is 5.75 Å².